The molecule has 116 valence electrons. The smallest absolute Gasteiger partial charge is 0.336 e. The highest BCUT2D eigenvalue weighted by molar-refractivity contribution is 7.99. The van der Waals surface area contributed by atoms with Crippen LogP contribution < -0.4 is 9.47 Å². The molecule has 0 spiro atoms. The molecule has 0 aromatic heterocycles. The van der Waals surface area contributed by atoms with E-state index in [-0.39, 0.29) is 5.56 Å². The van der Waals surface area contributed by atoms with Crippen molar-refractivity contribution in [1.29, 1.82) is 0 Å². The third-order valence-electron chi connectivity index (χ3n) is 3.01. The lowest BCUT2D eigenvalue weighted by molar-refractivity contribution is 0.0693. The highest BCUT2D eigenvalue weighted by atomic mass is 32.2. The zero-order valence-corrected chi connectivity index (χ0v) is 13.9. The summed E-state index contributed by atoms with van der Waals surface area (Å²) < 4.78 is 10.5. The lowest BCUT2D eigenvalue weighted by atomic mass is 10.1. The van der Waals surface area contributed by atoms with Crippen molar-refractivity contribution >= 4 is 30.4 Å². The van der Waals surface area contributed by atoms with E-state index < -0.39 is 5.97 Å². The largest absolute Gasteiger partial charge is 0.497 e. The number of carboxylic acids is 1. The molecule has 0 heterocycles. The molecular formula is C16H16O4S2. The molecule has 0 fully saturated rings. The normalized spacial score (nSPS) is 10.3. The Labute approximate surface area is 138 Å². The van der Waals surface area contributed by atoms with Crippen LogP contribution in [0.1, 0.15) is 15.9 Å². The summed E-state index contributed by atoms with van der Waals surface area (Å²) in [5, 5.41) is 9.38. The van der Waals surface area contributed by atoms with Gasteiger partial charge in [0.25, 0.3) is 0 Å². The first-order valence-electron chi connectivity index (χ1n) is 6.45. The fourth-order valence-electron chi connectivity index (χ4n) is 1.90. The van der Waals surface area contributed by atoms with E-state index in [2.05, 4.69) is 12.6 Å². The van der Waals surface area contributed by atoms with E-state index in [1.54, 1.807) is 32.4 Å². The van der Waals surface area contributed by atoms with Gasteiger partial charge in [-0.1, -0.05) is 17.8 Å². The van der Waals surface area contributed by atoms with Crippen molar-refractivity contribution in [3.05, 3.63) is 47.5 Å². The van der Waals surface area contributed by atoms with E-state index in [1.165, 1.54) is 11.8 Å². The summed E-state index contributed by atoms with van der Waals surface area (Å²) in [6, 6.07) is 10.8. The van der Waals surface area contributed by atoms with Crippen molar-refractivity contribution in [3.63, 3.8) is 0 Å². The van der Waals surface area contributed by atoms with Gasteiger partial charge in [0, 0.05) is 21.6 Å². The summed E-state index contributed by atoms with van der Waals surface area (Å²) in [6.45, 7) is 0. The standard InChI is InChI=1S/C16H16O4S2/c1-19-11-6-12(20-2)8-13(7-11)22-15-4-3-10(9-21)5-14(15)16(17)18/h3-8,21H,9H2,1-2H3,(H,17,18). The number of hydrogen-bond donors (Lipinski definition) is 2. The van der Waals surface area contributed by atoms with Gasteiger partial charge in [-0.15, -0.1) is 0 Å². The number of rotatable bonds is 6. The van der Waals surface area contributed by atoms with E-state index in [1.807, 2.05) is 18.2 Å². The topological polar surface area (TPSA) is 55.8 Å². The number of carbonyl (C=O) groups is 1. The second kappa shape index (κ2) is 7.47. The Morgan fingerprint density at radius 1 is 1.14 bits per heavy atom. The minimum atomic E-state index is -0.957. The van der Waals surface area contributed by atoms with Crippen molar-refractivity contribution in [2.45, 2.75) is 15.5 Å². The molecule has 0 radical (unpaired) electrons. The van der Waals surface area contributed by atoms with Crippen molar-refractivity contribution in [2.75, 3.05) is 14.2 Å². The molecular weight excluding hydrogens is 320 g/mol. The first-order chi connectivity index (χ1) is 10.6. The maximum Gasteiger partial charge on any atom is 0.336 e. The SMILES string of the molecule is COc1cc(OC)cc(Sc2ccc(CS)cc2C(=O)O)c1. The second-order valence-electron chi connectivity index (χ2n) is 4.44. The number of thiol groups is 1. The summed E-state index contributed by atoms with van der Waals surface area (Å²) >= 11 is 5.53. The molecule has 2 rings (SSSR count). The molecule has 0 amide bonds. The lowest BCUT2D eigenvalue weighted by Crippen LogP contribution is -2.00. The number of methoxy groups -OCH3 is 2. The Kier molecular flexibility index (Phi) is 5.63. The zero-order chi connectivity index (χ0) is 16.1. The third-order valence-corrected chi connectivity index (χ3v) is 4.42. The van der Waals surface area contributed by atoms with Crippen LogP contribution in [0.3, 0.4) is 0 Å². The van der Waals surface area contributed by atoms with Gasteiger partial charge in [-0.25, -0.2) is 4.79 Å². The van der Waals surface area contributed by atoms with Gasteiger partial charge in [0.05, 0.1) is 19.8 Å². The van der Waals surface area contributed by atoms with Gasteiger partial charge in [-0.3, -0.25) is 0 Å². The quantitative estimate of drug-likeness (QED) is 0.782. The number of ether oxygens (including phenoxy) is 2. The molecule has 6 heteroatoms. The highest BCUT2D eigenvalue weighted by Crippen LogP contribution is 2.36. The van der Waals surface area contributed by atoms with Crippen molar-refractivity contribution in [1.82, 2.24) is 0 Å². The molecule has 0 bridgehead atoms. The molecule has 0 atom stereocenters. The van der Waals surface area contributed by atoms with Gasteiger partial charge in [0.2, 0.25) is 0 Å². The van der Waals surface area contributed by atoms with E-state index in [9.17, 15) is 9.90 Å². The Hall–Kier alpha value is -1.79. The number of aromatic carboxylic acids is 1. The van der Waals surface area contributed by atoms with Gasteiger partial charge in [-0.05, 0) is 29.8 Å². The molecule has 2 aromatic carbocycles. The van der Waals surface area contributed by atoms with E-state index >= 15 is 0 Å². The van der Waals surface area contributed by atoms with Crippen molar-refractivity contribution in [3.8, 4) is 11.5 Å². The molecule has 2 aromatic rings. The van der Waals surface area contributed by atoms with Crippen LogP contribution in [0.4, 0.5) is 0 Å². The van der Waals surface area contributed by atoms with Gasteiger partial charge in [-0.2, -0.15) is 12.6 Å². The van der Waals surface area contributed by atoms with Crippen LogP contribution in [0, 0.1) is 0 Å². The number of benzene rings is 2. The maximum absolute atomic E-state index is 11.4. The average molecular weight is 336 g/mol. The van der Waals surface area contributed by atoms with Crippen LogP contribution in [0.5, 0.6) is 11.5 Å². The monoisotopic (exact) mass is 336 g/mol. The minimum Gasteiger partial charge on any atom is -0.497 e. The number of carboxylic acid groups (broad SMARTS) is 1. The molecule has 0 saturated heterocycles. The van der Waals surface area contributed by atoms with Gasteiger partial charge in [0.15, 0.2) is 0 Å². The minimum absolute atomic E-state index is 0.262. The Balaban J connectivity index is 2.40. The molecule has 0 saturated carbocycles. The maximum atomic E-state index is 11.4. The Morgan fingerprint density at radius 3 is 2.27 bits per heavy atom. The molecule has 0 aliphatic carbocycles. The molecule has 22 heavy (non-hydrogen) atoms. The van der Waals surface area contributed by atoms with E-state index in [4.69, 9.17) is 9.47 Å². The zero-order valence-electron chi connectivity index (χ0n) is 12.2. The Bertz CT molecular complexity index is 664. The van der Waals surface area contributed by atoms with E-state index in [0.717, 1.165) is 10.5 Å². The molecule has 0 unspecified atom stereocenters. The summed E-state index contributed by atoms with van der Waals surface area (Å²) in [5.41, 5.74) is 1.13. The third kappa shape index (κ3) is 3.90. The molecule has 0 aliphatic heterocycles. The Morgan fingerprint density at radius 2 is 1.77 bits per heavy atom. The summed E-state index contributed by atoms with van der Waals surface area (Å²) in [7, 11) is 3.15. The second-order valence-corrected chi connectivity index (χ2v) is 5.88. The highest BCUT2D eigenvalue weighted by Gasteiger charge is 2.13. The first-order valence-corrected chi connectivity index (χ1v) is 7.90. The fraction of sp³-hybridized carbons (Fsp3) is 0.188. The first kappa shape index (κ1) is 16.6. The van der Waals surface area contributed by atoms with Gasteiger partial charge < -0.3 is 14.6 Å². The predicted molar refractivity (Wildman–Crippen MR) is 89.8 cm³/mol. The van der Waals surface area contributed by atoms with Crippen molar-refractivity contribution in [2.24, 2.45) is 0 Å². The van der Waals surface area contributed by atoms with Crippen LogP contribution in [0.2, 0.25) is 0 Å². The van der Waals surface area contributed by atoms with Crippen LogP contribution >= 0.6 is 24.4 Å². The number of hydrogen-bond acceptors (Lipinski definition) is 5. The fourth-order valence-corrected chi connectivity index (χ4v) is 3.09. The van der Waals surface area contributed by atoms with Gasteiger partial charge in [0.1, 0.15) is 11.5 Å². The van der Waals surface area contributed by atoms with Gasteiger partial charge >= 0.3 is 5.97 Å². The molecule has 4 nitrogen and oxygen atoms in total. The summed E-state index contributed by atoms with van der Waals surface area (Å²) in [4.78, 5) is 12.9. The molecule has 0 aliphatic rings. The average Bonchev–Trinajstić information content (AvgIpc) is 2.54. The van der Waals surface area contributed by atoms with Crippen LogP contribution in [-0.4, -0.2) is 25.3 Å². The summed E-state index contributed by atoms with van der Waals surface area (Å²) in [5.74, 6) is 0.857. The predicted octanol–water partition coefficient (Wildman–Crippen LogP) is 3.98. The van der Waals surface area contributed by atoms with E-state index in [0.29, 0.717) is 22.1 Å². The van der Waals surface area contributed by atoms with Crippen LogP contribution in [0.25, 0.3) is 0 Å². The van der Waals surface area contributed by atoms with Crippen LogP contribution in [0.15, 0.2) is 46.2 Å². The van der Waals surface area contributed by atoms with Crippen LogP contribution in [-0.2, 0) is 5.75 Å². The molecule has 1 N–H and O–H groups in total. The summed E-state index contributed by atoms with van der Waals surface area (Å²) in [6.07, 6.45) is 0. The lowest BCUT2D eigenvalue weighted by Gasteiger charge is -2.10. The van der Waals surface area contributed by atoms with Crippen molar-refractivity contribution < 1.29 is 19.4 Å².